The number of nitrogen functional groups attached to an aromatic ring is 1. The van der Waals surface area contributed by atoms with Gasteiger partial charge in [0.05, 0.1) is 0 Å². The van der Waals surface area contributed by atoms with Gasteiger partial charge in [0, 0.05) is 17.8 Å². The number of rotatable bonds is 3. The van der Waals surface area contributed by atoms with Crippen LogP contribution in [0.4, 0.5) is 14.5 Å². The number of hydrogen-bond donors (Lipinski definition) is 2. The fraction of sp³-hybridized carbons (Fsp3) is 0.538. The van der Waals surface area contributed by atoms with Crippen molar-refractivity contribution in [3.63, 3.8) is 0 Å². The second kappa shape index (κ2) is 5.86. The van der Waals surface area contributed by atoms with Gasteiger partial charge in [0.2, 0.25) is 10.0 Å². The van der Waals surface area contributed by atoms with Crippen LogP contribution in [0.1, 0.15) is 19.8 Å². The molecule has 0 bridgehead atoms. The Labute approximate surface area is 123 Å². The first-order valence-corrected chi connectivity index (χ1v) is 8.16. The Kier molecular flexibility index (Phi) is 4.50. The zero-order valence-corrected chi connectivity index (χ0v) is 12.8. The zero-order chi connectivity index (χ0) is 15.8. The van der Waals surface area contributed by atoms with Gasteiger partial charge in [-0.2, -0.15) is 0 Å². The van der Waals surface area contributed by atoms with Crippen LogP contribution in [0.25, 0.3) is 0 Å². The van der Waals surface area contributed by atoms with Gasteiger partial charge in [0.15, 0.2) is 4.90 Å². The molecule has 0 aromatic heterocycles. The van der Waals surface area contributed by atoms with Gasteiger partial charge in [-0.15, -0.1) is 0 Å². The molecule has 1 heterocycles. The average Bonchev–Trinajstić information content (AvgIpc) is 2.31. The summed E-state index contributed by atoms with van der Waals surface area (Å²) >= 11 is 0. The number of benzene rings is 1. The molecule has 118 valence electrons. The van der Waals surface area contributed by atoms with Gasteiger partial charge in [0.1, 0.15) is 11.6 Å². The topological polar surface area (TPSA) is 75.4 Å². The molecule has 5 nitrogen and oxygen atoms in total. The number of nitrogens with zero attached hydrogens (tertiary/aromatic N) is 1. The molecule has 8 heteroatoms. The van der Waals surface area contributed by atoms with E-state index in [9.17, 15) is 17.2 Å². The molecule has 1 aromatic carbocycles. The number of nitrogens with two attached hydrogens (primary N) is 1. The number of likely N-dealkylation sites (tertiary alicyclic amines) is 1. The molecule has 1 aromatic rings. The Hall–Kier alpha value is -1.25. The second-order valence-corrected chi connectivity index (χ2v) is 7.14. The van der Waals surface area contributed by atoms with Crippen molar-refractivity contribution in [2.24, 2.45) is 0 Å². The molecule has 1 aliphatic rings. The number of hydrogen-bond acceptors (Lipinski definition) is 4. The molecule has 0 radical (unpaired) electrons. The smallest absolute Gasteiger partial charge is 0.246 e. The zero-order valence-electron chi connectivity index (χ0n) is 11.9. The van der Waals surface area contributed by atoms with E-state index in [2.05, 4.69) is 9.62 Å². The van der Waals surface area contributed by atoms with Crippen molar-refractivity contribution in [1.29, 1.82) is 0 Å². The Balaban J connectivity index is 2.24. The second-order valence-electron chi connectivity index (χ2n) is 5.49. The van der Waals surface area contributed by atoms with E-state index < -0.39 is 26.6 Å². The standard InChI is InChI=1S/C13H19F2N3O2S/c1-8-5-10(3-4-18(8)2)17-21(19,20)13-11(14)6-9(16)7-12(13)15/h6-8,10,17H,3-5,16H2,1-2H3. The summed E-state index contributed by atoms with van der Waals surface area (Å²) in [5.41, 5.74) is 5.13. The van der Waals surface area contributed by atoms with Crippen molar-refractivity contribution >= 4 is 15.7 Å². The molecule has 1 saturated heterocycles. The van der Waals surface area contributed by atoms with Gasteiger partial charge in [0.25, 0.3) is 0 Å². The van der Waals surface area contributed by atoms with E-state index >= 15 is 0 Å². The van der Waals surface area contributed by atoms with E-state index in [1.807, 2.05) is 14.0 Å². The van der Waals surface area contributed by atoms with Crippen LogP contribution in [0.5, 0.6) is 0 Å². The number of halogens is 2. The van der Waals surface area contributed by atoms with E-state index in [4.69, 9.17) is 5.73 Å². The lowest BCUT2D eigenvalue weighted by Gasteiger charge is -2.35. The first-order chi connectivity index (χ1) is 9.70. The lowest BCUT2D eigenvalue weighted by Crippen LogP contribution is -2.47. The van der Waals surface area contributed by atoms with Crippen molar-refractivity contribution in [3.05, 3.63) is 23.8 Å². The molecule has 0 amide bonds. The maximum atomic E-state index is 13.8. The average molecular weight is 319 g/mol. The molecule has 2 rings (SSSR count). The van der Waals surface area contributed by atoms with Gasteiger partial charge >= 0.3 is 0 Å². The van der Waals surface area contributed by atoms with Crippen molar-refractivity contribution in [3.8, 4) is 0 Å². The van der Waals surface area contributed by atoms with Gasteiger partial charge in [-0.3, -0.25) is 0 Å². The molecule has 1 fully saturated rings. The third kappa shape index (κ3) is 3.50. The van der Waals surface area contributed by atoms with E-state index in [-0.39, 0.29) is 17.8 Å². The minimum Gasteiger partial charge on any atom is -0.399 e. The highest BCUT2D eigenvalue weighted by molar-refractivity contribution is 7.89. The summed E-state index contributed by atoms with van der Waals surface area (Å²) in [7, 11) is -2.30. The van der Waals surface area contributed by atoms with E-state index in [0.717, 1.165) is 18.7 Å². The highest BCUT2D eigenvalue weighted by Gasteiger charge is 2.30. The van der Waals surface area contributed by atoms with Crippen molar-refractivity contribution < 1.29 is 17.2 Å². The van der Waals surface area contributed by atoms with Crippen LogP contribution >= 0.6 is 0 Å². The minimum atomic E-state index is -4.25. The molecule has 0 aliphatic carbocycles. The van der Waals surface area contributed by atoms with Gasteiger partial charge < -0.3 is 10.6 Å². The minimum absolute atomic E-state index is 0.156. The largest absolute Gasteiger partial charge is 0.399 e. The third-order valence-corrected chi connectivity index (χ3v) is 5.39. The molecule has 1 aliphatic heterocycles. The van der Waals surface area contributed by atoms with Crippen LogP contribution in [0.15, 0.2) is 17.0 Å². The summed E-state index contributed by atoms with van der Waals surface area (Å²) in [5.74, 6) is -2.36. The fourth-order valence-electron chi connectivity index (χ4n) is 2.51. The van der Waals surface area contributed by atoms with Crippen LogP contribution in [-0.2, 0) is 10.0 Å². The van der Waals surface area contributed by atoms with Crippen LogP contribution in [-0.4, -0.2) is 39.0 Å². The molecular weight excluding hydrogens is 300 g/mol. The van der Waals surface area contributed by atoms with Crippen molar-refractivity contribution in [1.82, 2.24) is 9.62 Å². The predicted octanol–water partition coefficient (Wildman–Crippen LogP) is 1.31. The van der Waals surface area contributed by atoms with Gasteiger partial charge in [-0.25, -0.2) is 21.9 Å². The van der Waals surface area contributed by atoms with E-state index in [1.165, 1.54) is 0 Å². The normalized spacial score (nSPS) is 24.2. The first-order valence-electron chi connectivity index (χ1n) is 6.68. The monoisotopic (exact) mass is 319 g/mol. The van der Waals surface area contributed by atoms with Crippen LogP contribution in [0.2, 0.25) is 0 Å². The van der Waals surface area contributed by atoms with Gasteiger partial charge in [-0.05, 0) is 45.5 Å². The lowest BCUT2D eigenvalue weighted by molar-refractivity contribution is 0.178. The van der Waals surface area contributed by atoms with E-state index in [0.29, 0.717) is 12.8 Å². The summed E-state index contributed by atoms with van der Waals surface area (Å²) in [6, 6.07) is 1.47. The maximum Gasteiger partial charge on any atom is 0.246 e. The quantitative estimate of drug-likeness (QED) is 0.824. The van der Waals surface area contributed by atoms with E-state index in [1.54, 1.807) is 0 Å². The third-order valence-electron chi connectivity index (χ3n) is 3.82. The fourth-order valence-corrected chi connectivity index (χ4v) is 3.91. The summed E-state index contributed by atoms with van der Waals surface area (Å²) in [6.45, 7) is 2.70. The number of nitrogens with one attached hydrogen (secondary N) is 1. The number of anilines is 1. The van der Waals surface area contributed by atoms with Crippen molar-refractivity contribution in [2.75, 3.05) is 19.3 Å². The molecule has 2 atom stereocenters. The summed E-state index contributed by atoms with van der Waals surface area (Å²) < 4.78 is 54.3. The highest BCUT2D eigenvalue weighted by Crippen LogP contribution is 2.23. The highest BCUT2D eigenvalue weighted by atomic mass is 32.2. The molecule has 21 heavy (non-hydrogen) atoms. The van der Waals surface area contributed by atoms with Crippen LogP contribution < -0.4 is 10.5 Å². The molecule has 2 unspecified atom stereocenters. The predicted molar refractivity (Wildman–Crippen MR) is 76.2 cm³/mol. The van der Waals surface area contributed by atoms with Crippen LogP contribution in [0.3, 0.4) is 0 Å². The molecule has 0 spiro atoms. The Morgan fingerprint density at radius 1 is 1.33 bits per heavy atom. The molecular formula is C13H19F2N3O2S. The summed E-state index contributed by atoms with van der Waals surface area (Å²) in [6.07, 6.45) is 1.19. The molecule has 0 saturated carbocycles. The Morgan fingerprint density at radius 3 is 2.43 bits per heavy atom. The lowest BCUT2D eigenvalue weighted by atomic mass is 10.0. The van der Waals surface area contributed by atoms with Crippen LogP contribution in [0, 0.1) is 11.6 Å². The molecule has 3 N–H and O–H groups in total. The summed E-state index contributed by atoms with van der Waals surface area (Å²) in [5, 5.41) is 0. The van der Waals surface area contributed by atoms with Gasteiger partial charge in [-0.1, -0.05) is 0 Å². The number of piperidine rings is 1. The SMILES string of the molecule is CC1CC(NS(=O)(=O)c2c(F)cc(N)cc2F)CCN1C. The Bertz CT molecular complexity index is 613. The summed E-state index contributed by atoms with van der Waals surface area (Å²) in [4.78, 5) is 1.14. The first kappa shape index (κ1) is 16.1. The number of sulfonamides is 1. The Morgan fingerprint density at radius 2 is 1.90 bits per heavy atom. The van der Waals surface area contributed by atoms with Crippen molar-refractivity contribution in [2.45, 2.75) is 36.7 Å². The maximum absolute atomic E-state index is 13.8.